The van der Waals surface area contributed by atoms with Gasteiger partial charge in [-0.3, -0.25) is 9.59 Å². The largest absolute Gasteiger partial charge is 0.504 e. The molecule has 0 spiro atoms. The van der Waals surface area contributed by atoms with Gasteiger partial charge in [0.2, 0.25) is 0 Å². The number of phenols is 2. The van der Waals surface area contributed by atoms with Crippen molar-refractivity contribution in [2.24, 2.45) is 0 Å². The van der Waals surface area contributed by atoms with Crippen LogP contribution in [0, 0.1) is 0 Å². The molecule has 2 amide bonds. The SMILES string of the molecule is O=C(COc1ccc2cc(C(=O)Nc3ccccc3)ccc2c1)NCc1ccc(O)c(O)c1. The Morgan fingerprint density at radius 3 is 2.33 bits per heavy atom. The number of amides is 2. The van der Waals surface area contributed by atoms with E-state index in [1.54, 1.807) is 30.3 Å². The predicted molar refractivity (Wildman–Crippen MR) is 125 cm³/mol. The molecule has 0 radical (unpaired) electrons. The van der Waals surface area contributed by atoms with Gasteiger partial charge in [-0.25, -0.2) is 0 Å². The van der Waals surface area contributed by atoms with E-state index in [-0.39, 0.29) is 36.5 Å². The summed E-state index contributed by atoms with van der Waals surface area (Å²) in [4.78, 5) is 24.6. The zero-order valence-electron chi connectivity index (χ0n) is 17.6. The number of carbonyl (C=O) groups is 2. The fourth-order valence-corrected chi connectivity index (χ4v) is 3.26. The zero-order valence-corrected chi connectivity index (χ0v) is 17.6. The van der Waals surface area contributed by atoms with Crippen LogP contribution in [0.25, 0.3) is 10.8 Å². The van der Waals surface area contributed by atoms with Crippen LogP contribution in [0.1, 0.15) is 15.9 Å². The van der Waals surface area contributed by atoms with Crippen LogP contribution in [0.5, 0.6) is 17.2 Å². The molecule has 33 heavy (non-hydrogen) atoms. The first kappa shape index (κ1) is 21.7. The number of para-hydroxylation sites is 1. The molecule has 0 fully saturated rings. The van der Waals surface area contributed by atoms with Gasteiger partial charge in [-0.1, -0.05) is 36.4 Å². The highest BCUT2D eigenvalue weighted by Gasteiger charge is 2.09. The van der Waals surface area contributed by atoms with Crippen LogP contribution in [0.2, 0.25) is 0 Å². The number of rotatable bonds is 7. The molecule has 0 atom stereocenters. The monoisotopic (exact) mass is 442 g/mol. The number of fused-ring (bicyclic) bond motifs is 1. The Kier molecular flexibility index (Phi) is 6.40. The van der Waals surface area contributed by atoms with Crippen molar-refractivity contribution >= 4 is 28.3 Å². The van der Waals surface area contributed by atoms with E-state index in [9.17, 15) is 19.8 Å². The van der Waals surface area contributed by atoms with Crippen LogP contribution in [-0.4, -0.2) is 28.6 Å². The highest BCUT2D eigenvalue weighted by atomic mass is 16.5. The number of carbonyl (C=O) groups excluding carboxylic acids is 2. The molecule has 7 nitrogen and oxygen atoms in total. The first-order valence-electron chi connectivity index (χ1n) is 10.3. The number of phenolic OH excluding ortho intramolecular Hbond substituents is 2. The summed E-state index contributed by atoms with van der Waals surface area (Å²) in [6.07, 6.45) is 0. The number of aromatic hydroxyl groups is 2. The lowest BCUT2D eigenvalue weighted by Gasteiger charge is -2.10. The number of benzene rings is 4. The maximum Gasteiger partial charge on any atom is 0.258 e. The molecule has 7 heteroatoms. The van der Waals surface area contributed by atoms with Gasteiger partial charge in [-0.15, -0.1) is 0 Å². The van der Waals surface area contributed by atoms with Crippen molar-refractivity contribution in [2.75, 3.05) is 11.9 Å². The molecule has 4 aromatic rings. The van der Waals surface area contributed by atoms with E-state index in [1.165, 1.54) is 12.1 Å². The van der Waals surface area contributed by atoms with Crippen LogP contribution in [0.15, 0.2) is 84.9 Å². The van der Waals surface area contributed by atoms with E-state index in [4.69, 9.17) is 4.74 Å². The third kappa shape index (κ3) is 5.59. The molecule has 166 valence electrons. The Morgan fingerprint density at radius 2 is 1.55 bits per heavy atom. The minimum absolute atomic E-state index is 0.173. The summed E-state index contributed by atoms with van der Waals surface area (Å²) >= 11 is 0. The maximum absolute atomic E-state index is 12.5. The van der Waals surface area contributed by atoms with Gasteiger partial charge >= 0.3 is 0 Å². The molecule has 4 N–H and O–H groups in total. The van der Waals surface area contributed by atoms with Gasteiger partial charge in [0.15, 0.2) is 18.1 Å². The second-order valence-corrected chi connectivity index (χ2v) is 7.43. The third-order valence-corrected chi connectivity index (χ3v) is 5.00. The lowest BCUT2D eigenvalue weighted by Crippen LogP contribution is -2.28. The van der Waals surface area contributed by atoms with Gasteiger partial charge in [0.05, 0.1) is 0 Å². The van der Waals surface area contributed by atoms with Gasteiger partial charge < -0.3 is 25.6 Å². The topological polar surface area (TPSA) is 108 Å². The van der Waals surface area contributed by atoms with Crippen molar-refractivity contribution in [3.05, 3.63) is 96.1 Å². The second-order valence-electron chi connectivity index (χ2n) is 7.43. The van der Waals surface area contributed by atoms with Gasteiger partial charge in [0, 0.05) is 17.8 Å². The Hall–Kier alpha value is -4.52. The van der Waals surface area contributed by atoms with Crippen LogP contribution in [0.4, 0.5) is 5.69 Å². The van der Waals surface area contributed by atoms with Crippen molar-refractivity contribution in [3.8, 4) is 17.2 Å². The Morgan fingerprint density at radius 1 is 0.788 bits per heavy atom. The Balaban J connectivity index is 1.34. The molecular formula is C26H22N2O5. The van der Waals surface area contributed by atoms with Gasteiger partial charge in [-0.05, 0) is 64.9 Å². The van der Waals surface area contributed by atoms with Crippen LogP contribution < -0.4 is 15.4 Å². The average molecular weight is 442 g/mol. The van der Waals surface area contributed by atoms with Crippen molar-refractivity contribution in [1.82, 2.24) is 5.32 Å². The molecule has 0 saturated carbocycles. The Bertz CT molecular complexity index is 1300. The quantitative estimate of drug-likeness (QED) is 0.321. The molecule has 4 aromatic carbocycles. The van der Waals surface area contributed by atoms with E-state index in [0.29, 0.717) is 16.9 Å². The average Bonchev–Trinajstić information content (AvgIpc) is 2.83. The van der Waals surface area contributed by atoms with E-state index in [2.05, 4.69) is 10.6 Å². The molecular weight excluding hydrogens is 420 g/mol. The van der Waals surface area contributed by atoms with Crippen LogP contribution >= 0.6 is 0 Å². The molecule has 4 rings (SSSR count). The molecule has 0 saturated heterocycles. The Labute approximate surface area is 190 Å². The first-order chi connectivity index (χ1) is 16.0. The standard InChI is InChI=1S/C26H22N2O5/c29-23-11-6-17(12-24(23)30)15-27-25(31)16-33-22-10-9-18-13-20(8-7-19(18)14-22)26(32)28-21-4-2-1-3-5-21/h1-14,29-30H,15-16H2,(H,27,31)(H,28,32). The first-order valence-corrected chi connectivity index (χ1v) is 10.3. The number of anilines is 1. The van der Waals surface area contributed by atoms with Crippen LogP contribution in [0.3, 0.4) is 0 Å². The van der Waals surface area contributed by atoms with Gasteiger partial charge in [0.25, 0.3) is 11.8 Å². The summed E-state index contributed by atoms with van der Waals surface area (Å²) in [5.41, 5.74) is 1.92. The second kappa shape index (κ2) is 9.74. The lowest BCUT2D eigenvalue weighted by molar-refractivity contribution is -0.123. The van der Waals surface area contributed by atoms with Crippen LogP contribution in [-0.2, 0) is 11.3 Å². The maximum atomic E-state index is 12.5. The summed E-state index contributed by atoms with van der Waals surface area (Å²) in [7, 11) is 0. The molecule has 0 aliphatic rings. The highest BCUT2D eigenvalue weighted by Crippen LogP contribution is 2.25. The summed E-state index contributed by atoms with van der Waals surface area (Å²) < 4.78 is 5.58. The smallest absolute Gasteiger partial charge is 0.258 e. The summed E-state index contributed by atoms with van der Waals surface area (Å²) in [6, 6.07) is 24.4. The van der Waals surface area contributed by atoms with Crippen molar-refractivity contribution in [1.29, 1.82) is 0 Å². The minimum atomic E-state index is -0.324. The van der Waals surface area contributed by atoms with E-state index < -0.39 is 0 Å². The fourth-order valence-electron chi connectivity index (χ4n) is 3.26. The zero-order chi connectivity index (χ0) is 23.2. The van der Waals surface area contributed by atoms with E-state index in [1.807, 2.05) is 42.5 Å². The van der Waals surface area contributed by atoms with E-state index in [0.717, 1.165) is 16.5 Å². The number of nitrogens with one attached hydrogen (secondary N) is 2. The number of hydrogen-bond acceptors (Lipinski definition) is 5. The molecule has 0 aliphatic heterocycles. The summed E-state index contributed by atoms with van der Waals surface area (Å²) in [6.45, 7) is 0.0225. The van der Waals surface area contributed by atoms with Crippen molar-refractivity contribution in [3.63, 3.8) is 0 Å². The van der Waals surface area contributed by atoms with Crippen molar-refractivity contribution < 1.29 is 24.5 Å². The van der Waals surface area contributed by atoms with Gasteiger partial charge in [-0.2, -0.15) is 0 Å². The minimum Gasteiger partial charge on any atom is -0.504 e. The summed E-state index contributed by atoms with van der Waals surface area (Å²) in [5.74, 6) is -0.442. The fraction of sp³-hybridized carbons (Fsp3) is 0.0769. The number of hydrogen-bond donors (Lipinski definition) is 4. The lowest BCUT2D eigenvalue weighted by atomic mass is 10.1. The molecule has 0 aromatic heterocycles. The highest BCUT2D eigenvalue weighted by molar-refractivity contribution is 6.06. The molecule has 0 aliphatic carbocycles. The molecule has 0 unspecified atom stereocenters. The number of ether oxygens (including phenoxy) is 1. The van der Waals surface area contributed by atoms with E-state index >= 15 is 0 Å². The molecule has 0 bridgehead atoms. The van der Waals surface area contributed by atoms with Crippen molar-refractivity contribution in [2.45, 2.75) is 6.54 Å². The van der Waals surface area contributed by atoms with Gasteiger partial charge in [0.1, 0.15) is 5.75 Å². The summed E-state index contributed by atoms with van der Waals surface area (Å²) in [5, 5.41) is 26.1. The predicted octanol–water partition coefficient (Wildman–Crippen LogP) is 4.20. The third-order valence-electron chi connectivity index (χ3n) is 5.00. The molecule has 0 heterocycles. The normalized spacial score (nSPS) is 10.5.